The number of aliphatic hydroxyl groups is 1. The first-order chi connectivity index (χ1) is 3.66. The van der Waals surface area contributed by atoms with Crippen molar-refractivity contribution in [2.45, 2.75) is 19.8 Å². The molecule has 3 nitrogen and oxygen atoms in total. The summed E-state index contributed by atoms with van der Waals surface area (Å²) in [6.45, 7) is 3.48. The molecule has 0 bridgehead atoms. The molecule has 0 aromatic heterocycles. The van der Waals surface area contributed by atoms with Crippen molar-refractivity contribution >= 4 is 7.05 Å². The van der Waals surface area contributed by atoms with Crippen molar-refractivity contribution < 1.29 is 10.1 Å². The molecule has 0 amide bonds. The highest BCUT2D eigenvalue weighted by atomic mass is 16.3. The number of aliphatic hydroxyl groups excluding tert-OH is 1. The maximum atomic E-state index is 8.63. The number of nitrogens with one attached hydrogen (secondary N) is 1. The number of rotatable bonds is 3. The van der Waals surface area contributed by atoms with Gasteiger partial charge in [0.15, 0.2) is 0 Å². The van der Waals surface area contributed by atoms with Gasteiger partial charge in [0, 0.05) is 6.04 Å². The summed E-state index contributed by atoms with van der Waals surface area (Å²) in [4.78, 5) is 0. The van der Waals surface area contributed by atoms with Gasteiger partial charge in [-0.3, -0.25) is 0 Å². The molecular formula is C4H12BNO2. The molecule has 0 fully saturated rings. The summed E-state index contributed by atoms with van der Waals surface area (Å²) in [6.07, 6.45) is 0. The minimum Gasteiger partial charge on any atom is -0.437 e. The van der Waals surface area contributed by atoms with Crippen molar-refractivity contribution in [3.05, 3.63) is 0 Å². The molecule has 0 aromatic carbocycles. The van der Waals surface area contributed by atoms with E-state index in [1.54, 1.807) is 13.7 Å². The maximum Gasteiger partial charge on any atom is 0.373 e. The van der Waals surface area contributed by atoms with Crippen LogP contribution in [0.2, 0.25) is 6.82 Å². The molecule has 48 valence electrons. The van der Waals surface area contributed by atoms with E-state index in [4.69, 9.17) is 10.1 Å². The van der Waals surface area contributed by atoms with Gasteiger partial charge in [0.25, 0.3) is 0 Å². The second kappa shape index (κ2) is 3.89. The van der Waals surface area contributed by atoms with Crippen LogP contribution < -0.4 is 5.23 Å². The van der Waals surface area contributed by atoms with Crippen LogP contribution in [0.15, 0.2) is 0 Å². The van der Waals surface area contributed by atoms with Gasteiger partial charge in [-0.05, 0) is 13.7 Å². The topological polar surface area (TPSA) is 52.5 Å². The summed E-state index contributed by atoms with van der Waals surface area (Å²) in [6, 6.07) is -0.0185. The van der Waals surface area contributed by atoms with Gasteiger partial charge < -0.3 is 15.4 Å². The molecule has 4 heteroatoms. The Kier molecular flexibility index (Phi) is 3.86. The lowest BCUT2D eigenvalue weighted by molar-refractivity contribution is 0.262. The molecule has 0 aliphatic rings. The van der Waals surface area contributed by atoms with E-state index in [0.717, 1.165) is 0 Å². The van der Waals surface area contributed by atoms with Crippen LogP contribution >= 0.6 is 0 Å². The van der Waals surface area contributed by atoms with Crippen LogP contribution in [-0.4, -0.2) is 29.8 Å². The standard InChI is InChI=1S/C4H12BNO2/c1-4(3-7)6-5(2)8/h4,6-8H,3H2,1-2H3. The van der Waals surface area contributed by atoms with E-state index < -0.39 is 7.05 Å². The lowest BCUT2D eigenvalue weighted by atomic mass is 9.88. The van der Waals surface area contributed by atoms with Crippen molar-refractivity contribution in [1.82, 2.24) is 5.23 Å². The van der Waals surface area contributed by atoms with E-state index in [0.29, 0.717) is 0 Å². The van der Waals surface area contributed by atoms with Crippen LogP contribution in [0, 0.1) is 0 Å². The van der Waals surface area contributed by atoms with E-state index >= 15 is 0 Å². The monoisotopic (exact) mass is 117 g/mol. The smallest absolute Gasteiger partial charge is 0.373 e. The molecule has 8 heavy (non-hydrogen) atoms. The molecule has 0 aliphatic carbocycles. The van der Waals surface area contributed by atoms with Crippen molar-refractivity contribution in [2.24, 2.45) is 0 Å². The molecular weight excluding hydrogens is 105 g/mol. The number of hydrogen-bond acceptors (Lipinski definition) is 3. The zero-order valence-electron chi connectivity index (χ0n) is 5.26. The SMILES string of the molecule is CB(O)NC(C)CO. The van der Waals surface area contributed by atoms with Gasteiger partial charge in [-0.15, -0.1) is 0 Å². The third kappa shape index (κ3) is 4.11. The Morgan fingerprint density at radius 2 is 2.25 bits per heavy atom. The summed E-state index contributed by atoms with van der Waals surface area (Å²) >= 11 is 0. The zero-order valence-corrected chi connectivity index (χ0v) is 5.26. The lowest BCUT2D eigenvalue weighted by Gasteiger charge is -2.09. The highest BCUT2D eigenvalue weighted by Gasteiger charge is 2.05. The molecule has 0 aliphatic heterocycles. The largest absolute Gasteiger partial charge is 0.437 e. The minimum atomic E-state index is -0.530. The summed E-state index contributed by atoms with van der Waals surface area (Å²) < 4.78 is 0. The fourth-order valence-electron chi connectivity index (χ4n) is 0.464. The highest BCUT2D eigenvalue weighted by Crippen LogP contribution is 1.77. The zero-order chi connectivity index (χ0) is 6.57. The van der Waals surface area contributed by atoms with Crippen molar-refractivity contribution in [2.75, 3.05) is 6.61 Å². The van der Waals surface area contributed by atoms with Gasteiger partial charge in [0.05, 0.1) is 6.61 Å². The second-order valence-electron chi connectivity index (χ2n) is 1.93. The average molecular weight is 117 g/mol. The Morgan fingerprint density at radius 3 is 2.38 bits per heavy atom. The van der Waals surface area contributed by atoms with E-state index in [-0.39, 0.29) is 12.6 Å². The molecule has 1 unspecified atom stereocenters. The summed E-state index contributed by atoms with van der Waals surface area (Å²) in [5.41, 5.74) is 0. The maximum absolute atomic E-state index is 8.63. The quantitative estimate of drug-likeness (QED) is 0.418. The van der Waals surface area contributed by atoms with Crippen LogP contribution in [0.25, 0.3) is 0 Å². The van der Waals surface area contributed by atoms with E-state index in [9.17, 15) is 0 Å². The highest BCUT2D eigenvalue weighted by molar-refractivity contribution is 6.45. The summed E-state index contributed by atoms with van der Waals surface area (Å²) in [7, 11) is -0.530. The van der Waals surface area contributed by atoms with Crippen LogP contribution in [-0.2, 0) is 0 Å². The second-order valence-corrected chi connectivity index (χ2v) is 1.93. The molecule has 0 saturated carbocycles. The molecule has 0 aromatic rings. The van der Waals surface area contributed by atoms with E-state index in [2.05, 4.69) is 5.23 Å². The fraction of sp³-hybridized carbons (Fsp3) is 1.00. The average Bonchev–Trinajstić information content (AvgIpc) is 1.65. The first-order valence-electron chi connectivity index (χ1n) is 2.71. The van der Waals surface area contributed by atoms with Gasteiger partial charge in [-0.1, -0.05) is 0 Å². The van der Waals surface area contributed by atoms with Gasteiger partial charge >= 0.3 is 7.05 Å². The van der Waals surface area contributed by atoms with Crippen molar-refractivity contribution in [1.29, 1.82) is 0 Å². The first-order valence-corrected chi connectivity index (χ1v) is 2.71. The Labute approximate surface area is 49.9 Å². The van der Waals surface area contributed by atoms with E-state index in [1.807, 2.05) is 0 Å². The molecule has 1 atom stereocenters. The molecule has 0 rings (SSSR count). The van der Waals surface area contributed by atoms with Crippen LogP contribution in [0.4, 0.5) is 0 Å². The van der Waals surface area contributed by atoms with Crippen LogP contribution in [0.5, 0.6) is 0 Å². The fourth-order valence-corrected chi connectivity index (χ4v) is 0.464. The first kappa shape index (κ1) is 7.94. The van der Waals surface area contributed by atoms with E-state index in [1.165, 1.54) is 0 Å². The van der Waals surface area contributed by atoms with Gasteiger partial charge in [0.2, 0.25) is 0 Å². The van der Waals surface area contributed by atoms with Gasteiger partial charge in [-0.25, -0.2) is 0 Å². The third-order valence-corrected chi connectivity index (χ3v) is 0.800. The summed E-state index contributed by atoms with van der Waals surface area (Å²) in [5.74, 6) is 0. The molecule has 0 heterocycles. The Morgan fingerprint density at radius 1 is 1.75 bits per heavy atom. The van der Waals surface area contributed by atoms with Gasteiger partial charge in [-0.2, -0.15) is 0 Å². The van der Waals surface area contributed by atoms with Crippen molar-refractivity contribution in [3.63, 3.8) is 0 Å². The molecule has 0 saturated heterocycles. The summed E-state index contributed by atoms with van der Waals surface area (Å²) in [5, 5.41) is 19.7. The van der Waals surface area contributed by atoms with Crippen LogP contribution in [0.3, 0.4) is 0 Å². The van der Waals surface area contributed by atoms with Crippen LogP contribution in [0.1, 0.15) is 6.92 Å². The third-order valence-electron chi connectivity index (χ3n) is 0.800. The molecule has 0 radical (unpaired) electrons. The predicted molar refractivity (Wildman–Crippen MR) is 33.5 cm³/mol. The molecule has 3 N–H and O–H groups in total. The predicted octanol–water partition coefficient (Wildman–Crippen LogP) is -0.933. The van der Waals surface area contributed by atoms with Crippen molar-refractivity contribution in [3.8, 4) is 0 Å². The normalized spacial score (nSPS) is 13.5. The Hall–Kier alpha value is -0.0551. The van der Waals surface area contributed by atoms with Gasteiger partial charge in [0.1, 0.15) is 0 Å². The Bertz CT molecular complexity index is 60.0. The molecule has 0 spiro atoms. The lowest BCUT2D eigenvalue weighted by Crippen LogP contribution is -2.40. The minimum absolute atomic E-state index is 0.0185. The Balaban J connectivity index is 3.10. The number of hydrogen-bond donors (Lipinski definition) is 3.